The van der Waals surface area contributed by atoms with E-state index >= 15 is 0 Å². The van der Waals surface area contributed by atoms with E-state index in [0.29, 0.717) is 17.9 Å². The van der Waals surface area contributed by atoms with Gasteiger partial charge in [0.2, 0.25) is 0 Å². The second-order valence-electron chi connectivity index (χ2n) is 7.33. The van der Waals surface area contributed by atoms with Gasteiger partial charge in [-0.25, -0.2) is 4.39 Å². The molecule has 1 saturated heterocycles. The van der Waals surface area contributed by atoms with E-state index in [1.807, 2.05) is 24.0 Å². The van der Waals surface area contributed by atoms with Gasteiger partial charge in [0, 0.05) is 42.5 Å². The first-order valence-corrected chi connectivity index (χ1v) is 9.59. The van der Waals surface area contributed by atoms with Gasteiger partial charge in [-0.15, -0.1) is 0 Å². The summed E-state index contributed by atoms with van der Waals surface area (Å²) in [4.78, 5) is 19.4. The van der Waals surface area contributed by atoms with Gasteiger partial charge in [-0.05, 0) is 49.6 Å². The fraction of sp³-hybridized carbons (Fsp3) is 0.318. The minimum Gasteiger partial charge on any atom is -0.338 e. The van der Waals surface area contributed by atoms with Crippen LogP contribution in [0, 0.1) is 12.7 Å². The van der Waals surface area contributed by atoms with Crippen LogP contribution in [0.15, 0.2) is 48.7 Å². The molecule has 1 aliphatic rings. The van der Waals surface area contributed by atoms with Crippen molar-refractivity contribution >= 4 is 5.91 Å². The Balaban J connectivity index is 1.40. The number of hydrogen-bond donors (Lipinski definition) is 1. The molecule has 1 N–H and O–H groups in total. The van der Waals surface area contributed by atoms with E-state index < -0.39 is 0 Å². The van der Waals surface area contributed by atoms with Gasteiger partial charge in [0.1, 0.15) is 5.82 Å². The van der Waals surface area contributed by atoms with Crippen LogP contribution in [-0.2, 0) is 6.42 Å². The van der Waals surface area contributed by atoms with Crippen LogP contribution < -0.4 is 0 Å². The lowest BCUT2D eigenvalue weighted by Crippen LogP contribution is -2.38. The molecule has 4 rings (SSSR count). The third-order valence-electron chi connectivity index (χ3n) is 5.39. The number of H-pyrrole nitrogens is 1. The maximum atomic E-state index is 13.1. The molecular formula is C22H23FN4O. The van der Waals surface area contributed by atoms with Crippen molar-refractivity contribution in [2.24, 2.45) is 0 Å². The standard InChI is InChI=1S/C22H23FN4O/c1-15-20(14-24-26-15)22(28)27-11-9-17(10-12-27)21-4-2-3-19(25-21)13-16-5-7-18(23)8-6-16/h2-8,14,17H,9-13H2,1H3,(H,24,26). The number of benzene rings is 1. The Hall–Kier alpha value is -3.02. The Kier molecular flexibility index (Phi) is 5.19. The third-order valence-corrected chi connectivity index (χ3v) is 5.39. The zero-order valence-corrected chi connectivity index (χ0v) is 15.9. The summed E-state index contributed by atoms with van der Waals surface area (Å²) in [5.41, 5.74) is 4.56. The fourth-order valence-corrected chi connectivity index (χ4v) is 3.75. The van der Waals surface area contributed by atoms with Crippen LogP contribution in [-0.4, -0.2) is 39.1 Å². The predicted molar refractivity (Wildman–Crippen MR) is 105 cm³/mol. The van der Waals surface area contributed by atoms with E-state index in [9.17, 15) is 9.18 Å². The number of amides is 1. The van der Waals surface area contributed by atoms with Crippen molar-refractivity contribution in [1.29, 1.82) is 0 Å². The summed E-state index contributed by atoms with van der Waals surface area (Å²) >= 11 is 0. The average Bonchev–Trinajstić information content (AvgIpc) is 3.15. The van der Waals surface area contributed by atoms with Crippen molar-refractivity contribution in [1.82, 2.24) is 20.1 Å². The van der Waals surface area contributed by atoms with E-state index in [2.05, 4.69) is 16.3 Å². The molecule has 0 atom stereocenters. The molecule has 0 aliphatic carbocycles. The van der Waals surface area contributed by atoms with Crippen LogP contribution in [0.5, 0.6) is 0 Å². The highest BCUT2D eigenvalue weighted by molar-refractivity contribution is 5.95. The van der Waals surface area contributed by atoms with E-state index in [4.69, 9.17) is 4.98 Å². The quantitative estimate of drug-likeness (QED) is 0.750. The number of hydrogen-bond acceptors (Lipinski definition) is 3. The number of likely N-dealkylation sites (tertiary alicyclic amines) is 1. The highest BCUT2D eigenvalue weighted by Gasteiger charge is 2.26. The lowest BCUT2D eigenvalue weighted by atomic mass is 9.92. The number of halogens is 1. The third kappa shape index (κ3) is 3.96. The highest BCUT2D eigenvalue weighted by Crippen LogP contribution is 2.28. The molecule has 0 unspecified atom stereocenters. The van der Waals surface area contributed by atoms with E-state index in [1.54, 1.807) is 18.3 Å². The van der Waals surface area contributed by atoms with Crippen LogP contribution in [0.1, 0.15) is 51.8 Å². The van der Waals surface area contributed by atoms with Crippen molar-refractivity contribution in [3.05, 3.63) is 82.7 Å². The van der Waals surface area contributed by atoms with E-state index in [0.717, 1.165) is 48.6 Å². The van der Waals surface area contributed by atoms with Gasteiger partial charge >= 0.3 is 0 Å². The molecule has 0 saturated carbocycles. The first-order valence-electron chi connectivity index (χ1n) is 9.59. The molecule has 0 spiro atoms. The Bertz CT molecular complexity index is 959. The molecule has 0 bridgehead atoms. The molecule has 1 aromatic carbocycles. The highest BCUT2D eigenvalue weighted by atomic mass is 19.1. The molecule has 0 radical (unpaired) electrons. The molecule has 1 aliphatic heterocycles. The maximum absolute atomic E-state index is 13.1. The summed E-state index contributed by atoms with van der Waals surface area (Å²) in [6.45, 7) is 3.31. The number of piperidine rings is 1. The molecule has 3 aromatic rings. The monoisotopic (exact) mass is 378 g/mol. The SMILES string of the molecule is Cc1[nH]ncc1C(=O)N1CCC(c2cccc(Cc3ccc(F)cc3)n2)CC1. The number of nitrogens with zero attached hydrogens (tertiary/aromatic N) is 3. The molecule has 2 aromatic heterocycles. The summed E-state index contributed by atoms with van der Waals surface area (Å²) in [6, 6.07) is 12.7. The van der Waals surface area contributed by atoms with Crippen LogP contribution >= 0.6 is 0 Å². The number of aryl methyl sites for hydroxylation is 1. The Labute approximate surface area is 163 Å². The van der Waals surface area contributed by atoms with Gasteiger partial charge in [-0.3, -0.25) is 14.9 Å². The van der Waals surface area contributed by atoms with Gasteiger partial charge < -0.3 is 4.90 Å². The van der Waals surface area contributed by atoms with Crippen molar-refractivity contribution in [2.45, 2.75) is 32.1 Å². The van der Waals surface area contributed by atoms with Gasteiger partial charge in [-0.2, -0.15) is 5.10 Å². The molecule has 1 amide bonds. The van der Waals surface area contributed by atoms with Gasteiger partial charge in [-0.1, -0.05) is 18.2 Å². The number of pyridine rings is 1. The molecular weight excluding hydrogens is 355 g/mol. The van der Waals surface area contributed by atoms with Crippen LogP contribution in [0.2, 0.25) is 0 Å². The summed E-state index contributed by atoms with van der Waals surface area (Å²) in [7, 11) is 0. The molecule has 3 heterocycles. The lowest BCUT2D eigenvalue weighted by molar-refractivity contribution is 0.0711. The predicted octanol–water partition coefficient (Wildman–Crippen LogP) is 3.86. The number of carbonyl (C=O) groups excluding carboxylic acids is 1. The van der Waals surface area contributed by atoms with Gasteiger partial charge in [0.15, 0.2) is 0 Å². The first kappa shape index (κ1) is 18.3. The topological polar surface area (TPSA) is 61.9 Å². The minimum absolute atomic E-state index is 0.0442. The zero-order valence-electron chi connectivity index (χ0n) is 15.9. The lowest BCUT2D eigenvalue weighted by Gasteiger charge is -2.31. The fourth-order valence-electron chi connectivity index (χ4n) is 3.75. The molecule has 28 heavy (non-hydrogen) atoms. The molecule has 6 heteroatoms. The van der Waals surface area contributed by atoms with E-state index in [1.165, 1.54) is 12.1 Å². The molecule has 1 fully saturated rings. The second-order valence-corrected chi connectivity index (χ2v) is 7.33. The Morgan fingerprint density at radius 1 is 1.18 bits per heavy atom. The number of aromatic nitrogens is 3. The van der Waals surface area contributed by atoms with Crippen molar-refractivity contribution in [2.75, 3.05) is 13.1 Å². The van der Waals surface area contributed by atoms with Crippen molar-refractivity contribution < 1.29 is 9.18 Å². The smallest absolute Gasteiger partial charge is 0.257 e. The van der Waals surface area contributed by atoms with Gasteiger partial charge in [0.05, 0.1) is 11.8 Å². The van der Waals surface area contributed by atoms with Crippen LogP contribution in [0.3, 0.4) is 0 Å². The number of carbonyl (C=O) groups is 1. The number of nitrogens with one attached hydrogen (secondary N) is 1. The maximum Gasteiger partial charge on any atom is 0.257 e. The van der Waals surface area contributed by atoms with E-state index in [-0.39, 0.29) is 11.7 Å². The number of rotatable bonds is 4. The zero-order chi connectivity index (χ0) is 19.5. The Morgan fingerprint density at radius 2 is 1.93 bits per heavy atom. The summed E-state index contributed by atoms with van der Waals surface area (Å²) in [6.07, 6.45) is 4.08. The molecule has 144 valence electrons. The number of aromatic amines is 1. The molecule has 5 nitrogen and oxygen atoms in total. The average molecular weight is 378 g/mol. The largest absolute Gasteiger partial charge is 0.338 e. The van der Waals surface area contributed by atoms with Gasteiger partial charge in [0.25, 0.3) is 5.91 Å². The Morgan fingerprint density at radius 3 is 2.61 bits per heavy atom. The normalized spacial score (nSPS) is 15.0. The first-order chi connectivity index (χ1) is 13.6. The van der Waals surface area contributed by atoms with Crippen LogP contribution in [0.25, 0.3) is 0 Å². The summed E-state index contributed by atoms with van der Waals surface area (Å²) < 4.78 is 13.1. The minimum atomic E-state index is -0.225. The van der Waals surface area contributed by atoms with Crippen molar-refractivity contribution in [3.63, 3.8) is 0 Å². The van der Waals surface area contributed by atoms with Crippen molar-refractivity contribution in [3.8, 4) is 0 Å². The second kappa shape index (κ2) is 7.92. The summed E-state index contributed by atoms with van der Waals surface area (Å²) in [5.74, 6) is 0.169. The summed E-state index contributed by atoms with van der Waals surface area (Å²) in [5, 5.41) is 6.77. The van der Waals surface area contributed by atoms with Crippen LogP contribution in [0.4, 0.5) is 4.39 Å².